The van der Waals surface area contributed by atoms with Gasteiger partial charge in [-0.15, -0.1) is 0 Å². The van der Waals surface area contributed by atoms with Gasteiger partial charge in [0.05, 0.1) is 28.0 Å². The first kappa shape index (κ1) is 32.5. The van der Waals surface area contributed by atoms with Gasteiger partial charge in [0, 0.05) is 26.7 Å². The molecule has 2 atom stereocenters. The molecule has 0 N–H and O–H groups in total. The van der Waals surface area contributed by atoms with Crippen LogP contribution in [0, 0.1) is 0 Å². The number of benzene rings is 6. The summed E-state index contributed by atoms with van der Waals surface area (Å²) in [7, 11) is 0. The van der Waals surface area contributed by atoms with Crippen LogP contribution < -0.4 is 0 Å². The molecule has 50 heavy (non-hydrogen) atoms. The summed E-state index contributed by atoms with van der Waals surface area (Å²) >= 11 is 27.3. The molecule has 6 aromatic rings. The van der Waals surface area contributed by atoms with Gasteiger partial charge in [-0.1, -0.05) is 168 Å². The Balaban J connectivity index is 1.53. The van der Waals surface area contributed by atoms with E-state index in [-0.39, 0.29) is 0 Å². The third kappa shape index (κ3) is 5.44. The molecule has 0 spiro atoms. The second-order valence-electron chi connectivity index (χ2n) is 12.1. The fourth-order valence-electron chi connectivity index (χ4n) is 7.06. The van der Waals surface area contributed by atoms with E-state index < -0.39 is 17.4 Å². The summed E-state index contributed by atoms with van der Waals surface area (Å²) in [6.07, 6.45) is 1.81. The molecule has 0 saturated heterocycles. The zero-order chi connectivity index (χ0) is 34.3. The third-order valence-corrected chi connectivity index (χ3v) is 10.3. The highest BCUT2D eigenvalue weighted by atomic mass is 35.5. The lowest BCUT2D eigenvalue weighted by atomic mass is 9.74. The van der Waals surface area contributed by atoms with Crippen molar-refractivity contribution in [3.63, 3.8) is 0 Å². The molecule has 2 aliphatic heterocycles. The maximum atomic E-state index is 7.18. The number of hydrogen-bond donors (Lipinski definition) is 0. The van der Waals surface area contributed by atoms with Crippen molar-refractivity contribution in [1.29, 1.82) is 0 Å². The molecule has 2 aliphatic rings. The zero-order valence-electron chi connectivity index (χ0n) is 26.5. The summed E-state index contributed by atoms with van der Waals surface area (Å²) in [5, 5.41) is 1.87. The average Bonchev–Trinajstić information content (AvgIpc) is 3.75. The Hall–Kier alpha value is -4.71. The molecule has 8 rings (SSSR count). The molecule has 2 unspecified atom stereocenters. The molecule has 244 valence electrons. The Morgan fingerprint density at radius 2 is 1.08 bits per heavy atom. The first-order chi connectivity index (χ1) is 24.4. The van der Waals surface area contributed by atoms with Crippen molar-refractivity contribution < 1.29 is 0 Å². The van der Waals surface area contributed by atoms with Crippen molar-refractivity contribution in [2.24, 2.45) is 15.0 Å². The number of hydrogen-bond acceptors (Lipinski definition) is 4. The number of nitrogens with zero attached hydrogens (tertiary/aromatic N) is 4. The number of amidine groups is 1. The van der Waals surface area contributed by atoms with E-state index >= 15 is 0 Å². The number of aliphatic imine (C=N–C) groups is 3. The van der Waals surface area contributed by atoms with Gasteiger partial charge in [0.1, 0.15) is 11.4 Å². The van der Waals surface area contributed by atoms with Crippen LogP contribution in [0.25, 0.3) is 0 Å². The van der Waals surface area contributed by atoms with Crippen LogP contribution in [0.1, 0.15) is 39.4 Å². The van der Waals surface area contributed by atoms with E-state index in [1.165, 1.54) is 0 Å². The van der Waals surface area contributed by atoms with Gasteiger partial charge in [-0.25, -0.2) is 15.0 Å². The van der Waals surface area contributed by atoms with Crippen LogP contribution >= 0.6 is 46.4 Å². The smallest absolute Gasteiger partial charge is 0.258 e. The normalized spacial score (nSPS) is 19.4. The maximum Gasteiger partial charge on any atom is 0.258 e. The third-order valence-electron chi connectivity index (χ3n) is 9.22. The summed E-state index contributed by atoms with van der Waals surface area (Å²) < 4.78 is 0. The summed E-state index contributed by atoms with van der Waals surface area (Å²) in [5.74, 6) is -0.866. The Labute approximate surface area is 311 Å². The topological polar surface area (TPSA) is 40.3 Å². The molecule has 0 aromatic heterocycles. The average molecular weight is 731 g/mol. The highest BCUT2D eigenvalue weighted by molar-refractivity contribution is 6.40. The van der Waals surface area contributed by atoms with E-state index in [9.17, 15) is 0 Å². The Kier molecular flexibility index (Phi) is 8.58. The first-order valence-corrected chi connectivity index (χ1v) is 17.6. The van der Waals surface area contributed by atoms with Crippen LogP contribution in [0.5, 0.6) is 0 Å². The minimum atomic E-state index is -1.44. The lowest BCUT2D eigenvalue weighted by Gasteiger charge is -2.45. The predicted octanol–water partition coefficient (Wildman–Crippen LogP) is 11.4. The van der Waals surface area contributed by atoms with Crippen LogP contribution in [0.4, 0.5) is 0 Å². The minimum Gasteiger partial charge on any atom is -0.299 e. The summed E-state index contributed by atoms with van der Waals surface area (Å²) in [6.45, 7) is 0. The van der Waals surface area contributed by atoms with E-state index in [2.05, 4.69) is 41.3 Å². The van der Waals surface area contributed by atoms with Gasteiger partial charge >= 0.3 is 0 Å². The molecule has 0 amide bonds. The molecule has 0 radical (unpaired) electrons. The van der Waals surface area contributed by atoms with Crippen molar-refractivity contribution >= 4 is 64.2 Å². The molecular formula is C42H28Cl4N4. The fourth-order valence-corrected chi connectivity index (χ4v) is 8.09. The highest BCUT2D eigenvalue weighted by Gasteiger charge is 2.60. The molecule has 8 heteroatoms. The van der Waals surface area contributed by atoms with Crippen LogP contribution in [-0.2, 0) is 11.3 Å². The van der Waals surface area contributed by atoms with Gasteiger partial charge in [-0.2, -0.15) is 0 Å². The van der Waals surface area contributed by atoms with Crippen molar-refractivity contribution in [3.8, 4) is 0 Å². The molecule has 0 aliphatic carbocycles. The molecular weight excluding hydrogens is 702 g/mol. The Morgan fingerprint density at radius 3 is 1.66 bits per heavy atom. The van der Waals surface area contributed by atoms with E-state index in [0.717, 1.165) is 22.3 Å². The predicted molar refractivity (Wildman–Crippen MR) is 207 cm³/mol. The zero-order valence-corrected chi connectivity index (χ0v) is 29.5. The molecule has 4 nitrogen and oxygen atoms in total. The SMILES string of the molecule is Clc1ccc(C2=NC(c3ccccc3)(c3ccccc3)C(c3ccccc3)N2C2(c3ccc(Cl)cc3Cl)N=CC(c3ccccc3)=N2)c(Cl)c1. The standard InChI is InChI=1S/C42H28Cl4N4/c43-32-21-23-34(36(45)25-32)40-49-41(30-17-9-3-10-18-30,31-19-11-4-12-20-31)39(29-15-7-2-8-16-29)50(40)42(35-24-22-33(44)26-37(35)46)47-27-38(48-42)28-13-5-1-6-14-28/h1-27,39H. The molecule has 2 heterocycles. The van der Waals surface area contributed by atoms with E-state index in [1.807, 2.05) is 115 Å². The van der Waals surface area contributed by atoms with Crippen LogP contribution in [0.3, 0.4) is 0 Å². The van der Waals surface area contributed by atoms with Crippen molar-refractivity contribution in [3.05, 3.63) is 211 Å². The highest BCUT2D eigenvalue weighted by Crippen LogP contribution is 2.58. The molecule has 0 fully saturated rings. The molecule has 6 aromatic carbocycles. The van der Waals surface area contributed by atoms with Gasteiger partial charge in [0.15, 0.2) is 0 Å². The van der Waals surface area contributed by atoms with Gasteiger partial charge in [-0.05, 0) is 53.1 Å². The van der Waals surface area contributed by atoms with Crippen LogP contribution in [0.15, 0.2) is 173 Å². The van der Waals surface area contributed by atoms with Crippen molar-refractivity contribution in [2.75, 3.05) is 0 Å². The van der Waals surface area contributed by atoms with E-state index in [0.29, 0.717) is 42.8 Å². The van der Waals surface area contributed by atoms with Gasteiger partial charge < -0.3 is 0 Å². The lowest BCUT2D eigenvalue weighted by molar-refractivity contribution is 0.123. The number of rotatable bonds is 7. The molecule has 0 bridgehead atoms. The van der Waals surface area contributed by atoms with E-state index in [1.54, 1.807) is 12.1 Å². The number of halogens is 4. The summed E-state index contributed by atoms with van der Waals surface area (Å²) in [5.41, 5.74) is 4.88. The van der Waals surface area contributed by atoms with Crippen molar-refractivity contribution in [1.82, 2.24) is 4.90 Å². The summed E-state index contributed by atoms with van der Waals surface area (Å²) in [6, 6.07) is 51.4. The van der Waals surface area contributed by atoms with Gasteiger partial charge in [0.25, 0.3) is 5.79 Å². The van der Waals surface area contributed by atoms with Gasteiger partial charge in [-0.3, -0.25) is 4.90 Å². The first-order valence-electron chi connectivity index (χ1n) is 16.1. The second-order valence-corrected chi connectivity index (χ2v) is 13.8. The van der Waals surface area contributed by atoms with Crippen LogP contribution in [0.2, 0.25) is 20.1 Å². The van der Waals surface area contributed by atoms with Crippen molar-refractivity contribution in [2.45, 2.75) is 17.4 Å². The van der Waals surface area contributed by atoms with Gasteiger partial charge in [0.2, 0.25) is 0 Å². The Morgan fingerprint density at radius 1 is 0.540 bits per heavy atom. The lowest BCUT2D eigenvalue weighted by Crippen LogP contribution is -2.50. The summed E-state index contributed by atoms with van der Waals surface area (Å²) in [4.78, 5) is 18.9. The maximum absolute atomic E-state index is 7.18. The monoisotopic (exact) mass is 728 g/mol. The minimum absolute atomic E-state index is 0.415. The fraction of sp³-hybridized carbons (Fsp3) is 0.0714. The Bertz CT molecular complexity index is 2240. The van der Waals surface area contributed by atoms with E-state index in [4.69, 9.17) is 61.4 Å². The van der Waals surface area contributed by atoms with Crippen LogP contribution in [-0.4, -0.2) is 22.7 Å². The quantitative estimate of drug-likeness (QED) is 0.161. The largest absolute Gasteiger partial charge is 0.299 e. The molecule has 0 saturated carbocycles. The second kappa shape index (κ2) is 13.2.